The Morgan fingerprint density at radius 2 is 1.56 bits per heavy atom. The van der Waals surface area contributed by atoms with Crippen LogP contribution in [0.4, 0.5) is 16.2 Å². The van der Waals surface area contributed by atoms with Gasteiger partial charge in [-0.3, -0.25) is 4.79 Å². The lowest BCUT2D eigenvalue weighted by Gasteiger charge is -2.09. The number of anilines is 2. The first-order valence-electron chi connectivity index (χ1n) is 9.06. The van der Waals surface area contributed by atoms with Crippen LogP contribution in [0.2, 0.25) is 0 Å². The third kappa shape index (κ3) is 5.31. The maximum absolute atomic E-state index is 12.3. The van der Waals surface area contributed by atoms with E-state index in [1.54, 1.807) is 24.3 Å². The number of nitrogens with one attached hydrogen (secondary N) is 3. The molecule has 0 aliphatic carbocycles. The zero-order valence-electron chi connectivity index (χ0n) is 15.3. The fourth-order valence-electron chi connectivity index (χ4n) is 2.89. The summed E-state index contributed by atoms with van der Waals surface area (Å²) in [5.74, 6) is -0.0571. The predicted octanol–water partition coefficient (Wildman–Crippen LogP) is 4.55. The molecule has 0 fully saturated rings. The van der Waals surface area contributed by atoms with Crippen LogP contribution < -0.4 is 16.0 Å². The molecule has 0 heterocycles. The minimum atomic E-state index is -0.266. The van der Waals surface area contributed by atoms with Crippen LogP contribution in [-0.2, 0) is 11.2 Å². The lowest BCUT2D eigenvalue weighted by Crippen LogP contribution is -2.28. The molecule has 0 aromatic heterocycles. The lowest BCUT2D eigenvalue weighted by molar-refractivity contribution is -0.116. The van der Waals surface area contributed by atoms with Crippen molar-refractivity contribution in [1.29, 1.82) is 0 Å². The molecule has 5 heteroatoms. The molecule has 3 aromatic rings. The van der Waals surface area contributed by atoms with Crippen LogP contribution in [0, 0.1) is 0 Å². The molecule has 0 saturated heterocycles. The Kier molecular flexibility index (Phi) is 6.05. The first-order valence-corrected chi connectivity index (χ1v) is 9.06. The molecule has 0 spiro atoms. The van der Waals surface area contributed by atoms with Gasteiger partial charge >= 0.3 is 6.03 Å². The Hall–Kier alpha value is -3.34. The van der Waals surface area contributed by atoms with Gasteiger partial charge in [0, 0.05) is 24.3 Å². The number of carbonyl (C=O) groups excluding carboxylic acids is 2. The van der Waals surface area contributed by atoms with Gasteiger partial charge in [0.05, 0.1) is 0 Å². The molecule has 27 heavy (non-hydrogen) atoms. The third-order valence-corrected chi connectivity index (χ3v) is 4.20. The zero-order valence-corrected chi connectivity index (χ0v) is 15.3. The average molecular weight is 361 g/mol. The van der Waals surface area contributed by atoms with Gasteiger partial charge in [-0.1, -0.05) is 48.5 Å². The highest BCUT2D eigenvalue weighted by Crippen LogP contribution is 2.18. The van der Waals surface area contributed by atoms with E-state index in [0.717, 1.165) is 5.56 Å². The van der Waals surface area contributed by atoms with Crippen molar-refractivity contribution in [3.05, 3.63) is 72.3 Å². The molecule has 0 bridgehead atoms. The van der Waals surface area contributed by atoms with Crippen molar-refractivity contribution in [3.8, 4) is 0 Å². The Morgan fingerprint density at radius 1 is 0.815 bits per heavy atom. The van der Waals surface area contributed by atoms with Crippen LogP contribution in [0.25, 0.3) is 10.8 Å². The van der Waals surface area contributed by atoms with E-state index in [1.165, 1.54) is 10.8 Å². The topological polar surface area (TPSA) is 70.2 Å². The minimum absolute atomic E-state index is 0.0571. The van der Waals surface area contributed by atoms with Gasteiger partial charge in [0.25, 0.3) is 0 Å². The molecule has 0 aliphatic heterocycles. The van der Waals surface area contributed by atoms with Crippen molar-refractivity contribution < 1.29 is 9.59 Å². The number of rotatable bonds is 6. The molecular formula is C22H23N3O2. The highest BCUT2D eigenvalue weighted by atomic mass is 16.2. The van der Waals surface area contributed by atoms with Gasteiger partial charge in [-0.2, -0.15) is 0 Å². The number of urea groups is 1. The maximum atomic E-state index is 12.3. The second kappa shape index (κ2) is 8.85. The van der Waals surface area contributed by atoms with Gasteiger partial charge < -0.3 is 16.0 Å². The summed E-state index contributed by atoms with van der Waals surface area (Å²) >= 11 is 0. The van der Waals surface area contributed by atoms with Crippen LogP contribution >= 0.6 is 0 Å². The van der Waals surface area contributed by atoms with E-state index in [1.807, 2.05) is 19.1 Å². The number of hydrogen-bond acceptors (Lipinski definition) is 2. The van der Waals surface area contributed by atoms with Gasteiger partial charge in [0.2, 0.25) is 5.91 Å². The number of hydrogen-bond donors (Lipinski definition) is 3. The van der Waals surface area contributed by atoms with Crippen LogP contribution in [0.3, 0.4) is 0 Å². The quantitative estimate of drug-likeness (QED) is 0.603. The molecule has 0 radical (unpaired) electrons. The summed E-state index contributed by atoms with van der Waals surface area (Å²) in [6, 6.07) is 21.3. The summed E-state index contributed by atoms with van der Waals surface area (Å²) in [5, 5.41) is 10.7. The smallest absolute Gasteiger partial charge is 0.319 e. The van der Waals surface area contributed by atoms with E-state index < -0.39 is 0 Å². The van der Waals surface area contributed by atoms with E-state index in [4.69, 9.17) is 0 Å². The van der Waals surface area contributed by atoms with Crippen molar-refractivity contribution in [2.75, 3.05) is 17.2 Å². The first-order chi connectivity index (χ1) is 13.1. The molecule has 0 aliphatic rings. The van der Waals surface area contributed by atoms with Gasteiger partial charge in [-0.25, -0.2) is 4.79 Å². The van der Waals surface area contributed by atoms with E-state index in [2.05, 4.69) is 46.3 Å². The Balaban J connectivity index is 1.56. The monoisotopic (exact) mass is 361 g/mol. The van der Waals surface area contributed by atoms with Gasteiger partial charge in [0.1, 0.15) is 0 Å². The summed E-state index contributed by atoms with van der Waals surface area (Å²) in [4.78, 5) is 23.9. The maximum Gasteiger partial charge on any atom is 0.319 e. The molecule has 3 aromatic carbocycles. The van der Waals surface area contributed by atoms with Crippen molar-refractivity contribution in [2.45, 2.75) is 19.8 Å². The van der Waals surface area contributed by atoms with Crippen LogP contribution in [0.1, 0.15) is 18.9 Å². The second-order valence-electron chi connectivity index (χ2n) is 6.29. The fourth-order valence-corrected chi connectivity index (χ4v) is 2.89. The van der Waals surface area contributed by atoms with Crippen LogP contribution in [0.5, 0.6) is 0 Å². The summed E-state index contributed by atoms with van der Waals surface area (Å²) in [6.07, 6.45) is 1.07. The SMILES string of the molecule is CCNC(=O)Nc1cccc(NC(=O)CCc2ccc3ccccc3c2)c1. The van der Waals surface area contributed by atoms with E-state index in [-0.39, 0.29) is 11.9 Å². The molecule has 5 nitrogen and oxygen atoms in total. The summed E-state index contributed by atoms with van der Waals surface area (Å²) in [6.45, 7) is 2.41. The molecule has 0 saturated carbocycles. The van der Waals surface area contributed by atoms with Gasteiger partial charge in [-0.15, -0.1) is 0 Å². The van der Waals surface area contributed by atoms with E-state index in [0.29, 0.717) is 30.8 Å². The van der Waals surface area contributed by atoms with Gasteiger partial charge in [0.15, 0.2) is 0 Å². The predicted molar refractivity (Wildman–Crippen MR) is 110 cm³/mol. The molecule has 3 amide bonds. The highest BCUT2D eigenvalue weighted by molar-refractivity contribution is 5.93. The number of aryl methyl sites for hydroxylation is 1. The van der Waals surface area contributed by atoms with Gasteiger partial charge in [-0.05, 0) is 47.9 Å². The molecule has 3 N–H and O–H groups in total. The van der Waals surface area contributed by atoms with E-state index >= 15 is 0 Å². The summed E-state index contributed by atoms with van der Waals surface area (Å²) in [7, 11) is 0. The largest absolute Gasteiger partial charge is 0.338 e. The van der Waals surface area contributed by atoms with Crippen molar-refractivity contribution >= 4 is 34.1 Å². The summed E-state index contributed by atoms with van der Waals surface area (Å²) in [5.41, 5.74) is 2.43. The molecule has 3 rings (SSSR count). The Labute approximate surface area is 158 Å². The highest BCUT2D eigenvalue weighted by Gasteiger charge is 2.06. The van der Waals surface area contributed by atoms with Crippen LogP contribution in [-0.4, -0.2) is 18.5 Å². The summed E-state index contributed by atoms with van der Waals surface area (Å²) < 4.78 is 0. The number of carbonyl (C=O) groups is 2. The molecular weight excluding hydrogens is 338 g/mol. The first kappa shape index (κ1) is 18.5. The van der Waals surface area contributed by atoms with Crippen molar-refractivity contribution in [3.63, 3.8) is 0 Å². The molecule has 0 atom stereocenters. The van der Waals surface area contributed by atoms with Crippen molar-refractivity contribution in [1.82, 2.24) is 5.32 Å². The Bertz CT molecular complexity index is 953. The van der Waals surface area contributed by atoms with Crippen molar-refractivity contribution in [2.24, 2.45) is 0 Å². The molecule has 0 unspecified atom stereocenters. The standard InChI is InChI=1S/C22H23N3O2/c1-2-23-22(27)25-20-9-5-8-19(15-20)24-21(26)13-11-16-10-12-17-6-3-4-7-18(17)14-16/h3-10,12,14-15H,2,11,13H2,1H3,(H,24,26)(H2,23,25,27). The Morgan fingerprint density at radius 3 is 2.33 bits per heavy atom. The number of fused-ring (bicyclic) bond motifs is 1. The lowest BCUT2D eigenvalue weighted by atomic mass is 10.0. The minimum Gasteiger partial charge on any atom is -0.338 e. The molecule has 138 valence electrons. The number of amides is 3. The normalized spacial score (nSPS) is 10.4. The van der Waals surface area contributed by atoms with E-state index in [9.17, 15) is 9.59 Å². The average Bonchev–Trinajstić information content (AvgIpc) is 2.66. The fraction of sp³-hybridized carbons (Fsp3) is 0.182. The third-order valence-electron chi connectivity index (χ3n) is 4.20. The van der Waals surface area contributed by atoms with Crippen LogP contribution in [0.15, 0.2) is 66.7 Å². The number of benzene rings is 3. The zero-order chi connectivity index (χ0) is 19.1. The second-order valence-corrected chi connectivity index (χ2v) is 6.29.